The van der Waals surface area contributed by atoms with Crippen molar-refractivity contribution in [1.29, 1.82) is 0 Å². The predicted octanol–water partition coefficient (Wildman–Crippen LogP) is 1.52. The summed E-state index contributed by atoms with van der Waals surface area (Å²) < 4.78 is 5.61. The van der Waals surface area contributed by atoms with Gasteiger partial charge in [0.25, 0.3) is 5.91 Å². The third-order valence-electron chi connectivity index (χ3n) is 5.26. The van der Waals surface area contributed by atoms with Crippen LogP contribution in [0.5, 0.6) is 0 Å². The van der Waals surface area contributed by atoms with Crippen molar-refractivity contribution in [3.05, 3.63) is 59.9 Å². The van der Waals surface area contributed by atoms with E-state index in [0.29, 0.717) is 24.5 Å². The largest absolute Gasteiger partial charge is 0.379 e. The number of amides is 4. The number of hydrogen-bond acceptors (Lipinski definition) is 5. The Bertz CT molecular complexity index is 918. The van der Waals surface area contributed by atoms with Crippen LogP contribution in [0.1, 0.15) is 22.3 Å². The van der Waals surface area contributed by atoms with Gasteiger partial charge in [-0.1, -0.05) is 12.1 Å². The SMILES string of the molecule is O=C1CCN(c2ccccc2C(=O)N[C@H]2COC[C@H]2Cc2ccncc2)C(=O)N1. The quantitative estimate of drug-likeness (QED) is 0.801. The fraction of sp³-hybridized carbons (Fsp3) is 0.333. The number of benzene rings is 1. The van der Waals surface area contributed by atoms with Crippen LogP contribution >= 0.6 is 0 Å². The van der Waals surface area contributed by atoms with Gasteiger partial charge in [0.05, 0.1) is 30.5 Å². The molecular weight excluding hydrogens is 372 g/mol. The van der Waals surface area contributed by atoms with Crippen LogP contribution in [-0.2, 0) is 16.0 Å². The van der Waals surface area contributed by atoms with Crippen LogP contribution in [-0.4, -0.2) is 48.6 Å². The number of carbonyl (C=O) groups excluding carboxylic acids is 3. The lowest BCUT2D eigenvalue weighted by molar-refractivity contribution is -0.120. The first-order chi connectivity index (χ1) is 14.1. The standard InChI is InChI=1S/C21H22N4O4/c26-19-7-10-25(21(28)24-19)18-4-2-1-3-16(18)20(27)23-17-13-29-12-15(17)11-14-5-8-22-9-6-14/h1-6,8-9,15,17H,7,10-13H2,(H,23,27)(H,24,26,28)/t15-,17+/m1/s1. The second kappa shape index (κ2) is 8.40. The van der Waals surface area contributed by atoms with Gasteiger partial charge in [0.2, 0.25) is 5.91 Å². The van der Waals surface area contributed by atoms with Crippen molar-refractivity contribution in [3.8, 4) is 0 Å². The Hall–Kier alpha value is -3.26. The zero-order valence-corrected chi connectivity index (χ0v) is 15.8. The summed E-state index contributed by atoms with van der Waals surface area (Å²) in [5.41, 5.74) is 2.02. The van der Waals surface area contributed by atoms with Crippen LogP contribution in [0.25, 0.3) is 0 Å². The van der Waals surface area contributed by atoms with Crippen molar-refractivity contribution in [2.75, 3.05) is 24.7 Å². The number of hydrogen-bond donors (Lipinski definition) is 2. The highest BCUT2D eigenvalue weighted by Crippen LogP contribution is 2.24. The van der Waals surface area contributed by atoms with Gasteiger partial charge in [0, 0.05) is 31.3 Å². The molecule has 150 valence electrons. The minimum atomic E-state index is -0.513. The second-order valence-electron chi connectivity index (χ2n) is 7.21. The summed E-state index contributed by atoms with van der Waals surface area (Å²) in [6, 6.07) is 10.2. The number of aromatic nitrogens is 1. The number of anilines is 1. The number of nitrogens with one attached hydrogen (secondary N) is 2. The third kappa shape index (κ3) is 4.27. The molecule has 0 spiro atoms. The number of rotatable bonds is 5. The Morgan fingerprint density at radius 1 is 1.17 bits per heavy atom. The maximum atomic E-state index is 13.0. The average Bonchev–Trinajstić information content (AvgIpc) is 3.15. The monoisotopic (exact) mass is 394 g/mol. The van der Waals surface area contributed by atoms with Crippen LogP contribution in [0.4, 0.5) is 10.5 Å². The first-order valence-corrected chi connectivity index (χ1v) is 9.59. The Morgan fingerprint density at radius 3 is 2.76 bits per heavy atom. The van der Waals surface area contributed by atoms with Gasteiger partial charge < -0.3 is 10.1 Å². The van der Waals surface area contributed by atoms with Crippen molar-refractivity contribution in [3.63, 3.8) is 0 Å². The van der Waals surface area contributed by atoms with E-state index >= 15 is 0 Å². The first kappa shape index (κ1) is 19.1. The summed E-state index contributed by atoms with van der Waals surface area (Å²) in [6.45, 7) is 1.26. The summed E-state index contributed by atoms with van der Waals surface area (Å²) >= 11 is 0. The highest BCUT2D eigenvalue weighted by molar-refractivity contribution is 6.09. The van der Waals surface area contributed by atoms with Crippen molar-refractivity contribution in [1.82, 2.24) is 15.6 Å². The highest BCUT2D eigenvalue weighted by atomic mass is 16.5. The summed E-state index contributed by atoms with van der Waals surface area (Å²) in [7, 11) is 0. The number of urea groups is 1. The molecule has 2 N–H and O–H groups in total. The molecule has 8 nitrogen and oxygen atoms in total. The maximum Gasteiger partial charge on any atom is 0.328 e. The van der Waals surface area contributed by atoms with Gasteiger partial charge in [-0.2, -0.15) is 0 Å². The topological polar surface area (TPSA) is 101 Å². The van der Waals surface area contributed by atoms with Crippen LogP contribution in [0.2, 0.25) is 0 Å². The van der Waals surface area contributed by atoms with Gasteiger partial charge in [-0.25, -0.2) is 4.79 Å². The summed E-state index contributed by atoms with van der Waals surface area (Å²) in [5.74, 6) is -0.416. The van der Waals surface area contributed by atoms with Gasteiger partial charge in [-0.05, 0) is 36.2 Å². The number of para-hydroxylation sites is 1. The lowest BCUT2D eigenvalue weighted by Gasteiger charge is -2.28. The third-order valence-corrected chi connectivity index (χ3v) is 5.26. The van der Waals surface area contributed by atoms with Crippen LogP contribution in [0.3, 0.4) is 0 Å². The van der Waals surface area contributed by atoms with E-state index in [4.69, 9.17) is 4.74 Å². The van der Waals surface area contributed by atoms with Gasteiger partial charge in [0.15, 0.2) is 0 Å². The molecule has 2 aliphatic rings. The molecule has 2 saturated heterocycles. The van der Waals surface area contributed by atoms with Crippen LogP contribution < -0.4 is 15.5 Å². The summed E-state index contributed by atoms with van der Waals surface area (Å²) in [4.78, 5) is 42.1. The van der Waals surface area contributed by atoms with Gasteiger partial charge >= 0.3 is 6.03 Å². The molecule has 2 atom stereocenters. The van der Waals surface area contributed by atoms with Crippen LogP contribution in [0.15, 0.2) is 48.8 Å². The van der Waals surface area contributed by atoms with Gasteiger partial charge in [0.1, 0.15) is 0 Å². The van der Waals surface area contributed by atoms with Crippen molar-refractivity contribution >= 4 is 23.5 Å². The predicted molar refractivity (Wildman–Crippen MR) is 105 cm³/mol. The Kier molecular flexibility index (Phi) is 5.53. The number of pyridine rings is 1. The van der Waals surface area contributed by atoms with Gasteiger partial charge in [-0.15, -0.1) is 0 Å². The average molecular weight is 394 g/mol. The minimum absolute atomic E-state index is 0.125. The van der Waals surface area contributed by atoms with E-state index in [1.54, 1.807) is 36.7 Å². The van der Waals surface area contributed by atoms with Crippen molar-refractivity contribution in [2.24, 2.45) is 5.92 Å². The van der Waals surface area contributed by atoms with E-state index in [-0.39, 0.29) is 36.7 Å². The molecule has 4 amide bonds. The summed E-state index contributed by atoms with van der Waals surface area (Å²) in [5, 5.41) is 5.36. The molecular formula is C21H22N4O4. The number of nitrogens with zero attached hydrogens (tertiary/aromatic N) is 2. The van der Waals surface area contributed by atoms with Crippen molar-refractivity contribution in [2.45, 2.75) is 18.9 Å². The Balaban J connectivity index is 1.48. The minimum Gasteiger partial charge on any atom is -0.379 e. The maximum absolute atomic E-state index is 13.0. The lowest BCUT2D eigenvalue weighted by Crippen LogP contribution is -2.50. The Labute approximate surface area is 168 Å². The molecule has 4 rings (SSSR count). The van der Waals surface area contributed by atoms with Crippen LogP contribution in [0, 0.1) is 5.92 Å². The molecule has 0 radical (unpaired) electrons. The van der Waals surface area contributed by atoms with E-state index in [9.17, 15) is 14.4 Å². The molecule has 0 bridgehead atoms. The first-order valence-electron chi connectivity index (χ1n) is 9.59. The molecule has 29 heavy (non-hydrogen) atoms. The second-order valence-corrected chi connectivity index (χ2v) is 7.21. The molecule has 0 saturated carbocycles. The molecule has 1 aromatic heterocycles. The van der Waals surface area contributed by atoms with E-state index in [0.717, 1.165) is 12.0 Å². The molecule has 2 aromatic rings. The van der Waals surface area contributed by atoms with Crippen molar-refractivity contribution < 1.29 is 19.1 Å². The van der Waals surface area contributed by atoms with E-state index in [1.165, 1.54) is 4.90 Å². The zero-order valence-electron chi connectivity index (χ0n) is 15.8. The normalized spacial score (nSPS) is 21.7. The summed E-state index contributed by atoms with van der Waals surface area (Å²) in [6.07, 6.45) is 4.49. The number of carbonyl (C=O) groups is 3. The zero-order chi connectivity index (χ0) is 20.2. The fourth-order valence-electron chi connectivity index (χ4n) is 3.72. The number of imide groups is 1. The molecule has 2 fully saturated rings. The van der Waals surface area contributed by atoms with E-state index in [1.807, 2.05) is 12.1 Å². The molecule has 0 unspecified atom stereocenters. The molecule has 1 aromatic carbocycles. The van der Waals surface area contributed by atoms with E-state index < -0.39 is 6.03 Å². The van der Waals surface area contributed by atoms with Gasteiger partial charge in [-0.3, -0.25) is 24.8 Å². The lowest BCUT2D eigenvalue weighted by atomic mass is 9.95. The molecule has 8 heteroatoms. The smallest absolute Gasteiger partial charge is 0.328 e. The van der Waals surface area contributed by atoms with E-state index in [2.05, 4.69) is 15.6 Å². The Morgan fingerprint density at radius 2 is 1.97 bits per heavy atom. The molecule has 0 aliphatic carbocycles. The fourth-order valence-corrected chi connectivity index (χ4v) is 3.72. The highest BCUT2D eigenvalue weighted by Gasteiger charge is 2.32. The molecule has 3 heterocycles. The number of ether oxygens (including phenoxy) is 1. The molecule has 2 aliphatic heterocycles.